The number of hydrogen-bond donors (Lipinski definition) is 0. The minimum atomic E-state index is -0.224. The molecule has 190 valence electrons. The fraction of sp³-hybridized carbons (Fsp3) is 0.321. The second kappa shape index (κ2) is 11.2. The Bertz CT molecular complexity index is 1240. The first kappa shape index (κ1) is 24.4. The maximum Gasteiger partial charge on any atom is 0.243 e. The highest BCUT2D eigenvalue weighted by molar-refractivity contribution is 6.03. The molecule has 2 amide bonds. The topological polar surface area (TPSA) is 91.2 Å². The zero-order valence-corrected chi connectivity index (χ0v) is 20.9. The van der Waals surface area contributed by atoms with Gasteiger partial charge in [0.25, 0.3) is 0 Å². The van der Waals surface area contributed by atoms with E-state index in [0.29, 0.717) is 38.5 Å². The zero-order chi connectivity index (χ0) is 25.6. The van der Waals surface area contributed by atoms with E-state index in [9.17, 15) is 9.59 Å². The van der Waals surface area contributed by atoms with Gasteiger partial charge in [0.2, 0.25) is 17.8 Å². The van der Waals surface area contributed by atoms with Gasteiger partial charge >= 0.3 is 0 Å². The van der Waals surface area contributed by atoms with Crippen LogP contribution in [-0.4, -0.2) is 70.7 Å². The highest BCUT2D eigenvalue weighted by atomic mass is 16.5. The first-order chi connectivity index (χ1) is 18.1. The number of aromatic nitrogens is 2. The van der Waals surface area contributed by atoms with Crippen molar-refractivity contribution < 1.29 is 14.3 Å². The lowest BCUT2D eigenvalue weighted by Crippen LogP contribution is -2.49. The lowest BCUT2D eigenvalue weighted by molar-refractivity contribution is -0.138. The molecule has 0 radical (unpaired) electrons. The van der Waals surface area contributed by atoms with E-state index in [2.05, 4.69) is 14.9 Å². The fourth-order valence-electron chi connectivity index (χ4n) is 4.73. The molecule has 37 heavy (non-hydrogen) atoms. The van der Waals surface area contributed by atoms with E-state index in [1.54, 1.807) is 30.6 Å². The summed E-state index contributed by atoms with van der Waals surface area (Å²) >= 11 is 0. The molecule has 1 fully saturated rings. The highest BCUT2D eigenvalue weighted by Crippen LogP contribution is 2.34. The molecule has 1 aromatic heterocycles. The Kier molecular flexibility index (Phi) is 7.39. The average Bonchev–Trinajstić information content (AvgIpc) is 3.42. The van der Waals surface area contributed by atoms with Gasteiger partial charge in [0.05, 0.1) is 18.9 Å². The largest absolute Gasteiger partial charge is 0.497 e. The summed E-state index contributed by atoms with van der Waals surface area (Å²) in [5.74, 6) is 1.26. The Morgan fingerprint density at radius 1 is 0.865 bits per heavy atom. The van der Waals surface area contributed by atoms with Gasteiger partial charge < -0.3 is 14.5 Å². The summed E-state index contributed by atoms with van der Waals surface area (Å²) < 4.78 is 5.29. The predicted molar refractivity (Wildman–Crippen MR) is 140 cm³/mol. The SMILES string of the molecule is COc1ccc([C@H]2CC(c3ccccc3)=NN2C(=O)CCC(=O)N2CCN(c3ncccn3)CC2)cc1. The van der Waals surface area contributed by atoms with Crippen molar-refractivity contribution in [1.82, 2.24) is 19.9 Å². The summed E-state index contributed by atoms with van der Waals surface area (Å²) in [7, 11) is 1.63. The van der Waals surface area contributed by atoms with Crippen LogP contribution in [-0.2, 0) is 9.59 Å². The number of ether oxygens (including phenoxy) is 1. The molecule has 0 aliphatic carbocycles. The first-order valence-electron chi connectivity index (χ1n) is 12.5. The molecule has 2 aliphatic rings. The van der Waals surface area contributed by atoms with Crippen molar-refractivity contribution in [3.63, 3.8) is 0 Å². The van der Waals surface area contributed by atoms with E-state index in [1.807, 2.05) is 59.5 Å². The third kappa shape index (κ3) is 5.61. The Morgan fingerprint density at radius 2 is 1.54 bits per heavy atom. The quantitative estimate of drug-likeness (QED) is 0.497. The number of amides is 2. The second-order valence-corrected chi connectivity index (χ2v) is 9.06. The monoisotopic (exact) mass is 498 g/mol. The van der Waals surface area contributed by atoms with Crippen molar-refractivity contribution in [2.24, 2.45) is 5.10 Å². The number of carbonyl (C=O) groups is 2. The van der Waals surface area contributed by atoms with Gasteiger partial charge in [0, 0.05) is 57.8 Å². The van der Waals surface area contributed by atoms with Crippen molar-refractivity contribution in [3.05, 3.63) is 84.2 Å². The third-order valence-corrected chi connectivity index (χ3v) is 6.79. The molecular formula is C28H30N6O3. The molecule has 9 heteroatoms. The van der Waals surface area contributed by atoms with Gasteiger partial charge in [-0.1, -0.05) is 42.5 Å². The molecule has 9 nitrogen and oxygen atoms in total. The number of hydrogen-bond acceptors (Lipinski definition) is 7. The molecular weight excluding hydrogens is 468 g/mol. The van der Waals surface area contributed by atoms with Crippen molar-refractivity contribution in [1.29, 1.82) is 0 Å². The summed E-state index contributed by atoms with van der Waals surface area (Å²) in [5, 5.41) is 6.27. The van der Waals surface area contributed by atoms with Crippen LogP contribution in [0.3, 0.4) is 0 Å². The maximum atomic E-state index is 13.4. The Balaban J connectivity index is 1.23. The van der Waals surface area contributed by atoms with E-state index >= 15 is 0 Å². The van der Waals surface area contributed by atoms with Crippen molar-refractivity contribution >= 4 is 23.5 Å². The predicted octanol–water partition coefficient (Wildman–Crippen LogP) is 3.29. The zero-order valence-electron chi connectivity index (χ0n) is 20.9. The van der Waals surface area contributed by atoms with Crippen LogP contribution in [0.15, 0.2) is 78.2 Å². The van der Waals surface area contributed by atoms with Crippen LogP contribution in [0.1, 0.15) is 36.4 Å². The molecule has 0 bridgehead atoms. The first-order valence-corrected chi connectivity index (χ1v) is 12.5. The number of nitrogens with zero attached hydrogens (tertiary/aromatic N) is 6. The lowest BCUT2D eigenvalue weighted by Gasteiger charge is -2.34. The van der Waals surface area contributed by atoms with Crippen LogP contribution in [0, 0.1) is 0 Å². The molecule has 0 unspecified atom stereocenters. The number of piperazine rings is 1. The Hall–Kier alpha value is -4.27. The Morgan fingerprint density at radius 3 is 2.22 bits per heavy atom. The van der Waals surface area contributed by atoms with Crippen LogP contribution >= 0.6 is 0 Å². The molecule has 3 aromatic rings. The third-order valence-electron chi connectivity index (χ3n) is 6.79. The highest BCUT2D eigenvalue weighted by Gasteiger charge is 2.33. The maximum absolute atomic E-state index is 13.4. The minimum absolute atomic E-state index is 0.0190. The van der Waals surface area contributed by atoms with Crippen molar-refractivity contribution in [3.8, 4) is 5.75 Å². The van der Waals surface area contributed by atoms with Crippen molar-refractivity contribution in [2.45, 2.75) is 25.3 Å². The standard InChI is InChI=1S/C28H30N6O3/c1-37-23-10-8-22(9-11-23)25-20-24(21-6-3-2-4-7-21)31-34(25)27(36)13-12-26(35)32-16-18-33(19-17-32)28-29-14-5-15-30-28/h2-11,14-15,25H,12-13,16-20H2,1H3/t25-/m1/s1. The van der Waals surface area contributed by atoms with Crippen LogP contribution < -0.4 is 9.64 Å². The van der Waals surface area contributed by atoms with Gasteiger partial charge in [-0.05, 0) is 29.3 Å². The average molecular weight is 499 g/mol. The molecule has 2 aliphatic heterocycles. The van der Waals surface area contributed by atoms with E-state index in [1.165, 1.54) is 0 Å². The van der Waals surface area contributed by atoms with Crippen LogP contribution in [0.2, 0.25) is 0 Å². The van der Waals surface area contributed by atoms with E-state index in [0.717, 1.165) is 22.6 Å². The van der Waals surface area contributed by atoms with Gasteiger partial charge in [-0.15, -0.1) is 0 Å². The molecule has 2 aromatic carbocycles. The molecule has 3 heterocycles. The summed E-state index contributed by atoms with van der Waals surface area (Å²) in [6, 6.07) is 19.2. The smallest absolute Gasteiger partial charge is 0.243 e. The summed E-state index contributed by atoms with van der Waals surface area (Å²) in [4.78, 5) is 38.7. The van der Waals surface area contributed by atoms with Gasteiger partial charge in [-0.2, -0.15) is 5.10 Å². The van der Waals surface area contributed by atoms with Gasteiger partial charge in [0.1, 0.15) is 5.75 Å². The molecule has 0 N–H and O–H groups in total. The van der Waals surface area contributed by atoms with Crippen LogP contribution in [0.25, 0.3) is 0 Å². The van der Waals surface area contributed by atoms with E-state index in [4.69, 9.17) is 9.84 Å². The summed E-state index contributed by atoms with van der Waals surface area (Å²) in [6.45, 7) is 2.50. The minimum Gasteiger partial charge on any atom is -0.497 e. The number of anilines is 1. The van der Waals surface area contributed by atoms with E-state index < -0.39 is 0 Å². The molecule has 1 saturated heterocycles. The van der Waals surface area contributed by atoms with Crippen molar-refractivity contribution in [2.75, 3.05) is 38.2 Å². The lowest BCUT2D eigenvalue weighted by atomic mass is 9.98. The summed E-state index contributed by atoms with van der Waals surface area (Å²) in [6.07, 6.45) is 4.31. The normalized spacial score (nSPS) is 17.5. The second-order valence-electron chi connectivity index (χ2n) is 9.06. The van der Waals surface area contributed by atoms with Gasteiger partial charge in [-0.25, -0.2) is 15.0 Å². The number of hydrazone groups is 1. The van der Waals surface area contributed by atoms with Crippen LogP contribution in [0.4, 0.5) is 5.95 Å². The summed E-state index contributed by atoms with van der Waals surface area (Å²) in [5.41, 5.74) is 2.84. The number of rotatable bonds is 7. The molecule has 0 saturated carbocycles. The number of methoxy groups -OCH3 is 1. The fourth-order valence-corrected chi connectivity index (χ4v) is 4.73. The number of benzene rings is 2. The Labute approximate surface area is 216 Å². The van der Waals surface area contributed by atoms with Gasteiger partial charge in [0.15, 0.2) is 0 Å². The molecule has 1 atom stereocenters. The van der Waals surface area contributed by atoms with Gasteiger partial charge in [-0.3, -0.25) is 9.59 Å². The van der Waals surface area contributed by atoms with Crippen LogP contribution in [0.5, 0.6) is 5.75 Å². The molecule has 0 spiro atoms. The molecule has 5 rings (SSSR count). The van der Waals surface area contributed by atoms with E-state index in [-0.39, 0.29) is 30.7 Å². The number of carbonyl (C=O) groups excluding carboxylic acids is 2.